The molecule has 0 aromatic carbocycles. The molecule has 1 N–H and O–H groups in total. The van der Waals surface area contributed by atoms with Crippen LogP contribution in [-0.2, 0) is 14.3 Å². The largest absolute Gasteiger partial charge is 0.464 e. The highest BCUT2D eigenvalue weighted by Gasteiger charge is 2.24. The highest BCUT2D eigenvalue weighted by atomic mass is 16.5. The van der Waals surface area contributed by atoms with Gasteiger partial charge in [0, 0.05) is 24.5 Å². The number of nitrogens with one attached hydrogen (secondary N) is 1. The number of methoxy groups -OCH3 is 1. The van der Waals surface area contributed by atoms with E-state index < -0.39 is 5.97 Å². The van der Waals surface area contributed by atoms with E-state index in [1.807, 2.05) is 0 Å². The van der Waals surface area contributed by atoms with Crippen molar-refractivity contribution in [2.24, 2.45) is 0 Å². The van der Waals surface area contributed by atoms with Crippen molar-refractivity contribution in [3.8, 4) is 0 Å². The summed E-state index contributed by atoms with van der Waals surface area (Å²) < 4.78 is 6.36. The van der Waals surface area contributed by atoms with Crippen molar-refractivity contribution in [1.82, 2.24) is 9.88 Å². The van der Waals surface area contributed by atoms with E-state index in [4.69, 9.17) is 4.74 Å². The fraction of sp³-hybridized carbons (Fsp3) is 0.273. The standard InChI is InChI=1S/C11H12N2O3/c1-16-11(15)10(13-6-2-3-7-13)8-4-5-9(14)12-8/h2-3,6-7H,4-5H2,1H3,(H,12,14)/b10-8+. The van der Waals surface area contributed by atoms with Gasteiger partial charge in [0.15, 0.2) is 5.70 Å². The van der Waals surface area contributed by atoms with Crippen molar-refractivity contribution in [3.05, 3.63) is 30.2 Å². The predicted octanol–water partition coefficient (Wildman–Crippen LogP) is 0.740. The van der Waals surface area contributed by atoms with Crippen molar-refractivity contribution < 1.29 is 14.3 Å². The lowest BCUT2D eigenvalue weighted by atomic mass is 10.2. The normalized spacial score (nSPS) is 18.2. The summed E-state index contributed by atoms with van der Waals surface area (Å²) >= 11 is 0. The van der Waals surface area contributed by atoms with Crippen molar-refractivity contribution in [2.75, 3.05) is 7.11 Å². The van der Waals surface area contributed by atoms with Gasteiger partial charge >= 0.3 is 5.97 Å². The molecule has 1 aliphatic rings. The number of ether oxygens (including phenoxy) is 1. The summed E-state index contributed by atoms with van der Waals surface area (Å²) in [6.45, 7) is 0. The first kappa shape index (κ1) is 10.5. The van der Waals surface area contributed by atoms with E-state index in [1.54, 1.807) is 29.1 Å². The molecule has 0 atom stereocenters. The van der Waals surface area contributed by atoms with Gasteiger partial charge in [-0.1, -0.05) is 0 Å². The number of amides is 1. The molecule has 16 heavy (non-hydrogen) atoms. The molecule has 0 radical (unpaired) electrons. The molecule has 5 heteroatoms. The smallest absolute Gasteiger partial charge is 0.356 e. The molecule has 1 aliphatic heterocycles. The van der Waals surface area contributed by atoms with Gasteiger partial charge in [-0.3, -0.25) is 4.79 Å². The summed E-state index contributed by atoms with van der Waals surface area (Å²) in [6.07, 6.45) is 4.44. The van der Waals surface area contributed by atoms with Crippen LogP contribution in [0.1, 0.15) is 12.8 Å². The van der Waals surface area contributed by atoms with Crippen LogP contribution in [-0.4, -0.2) is 23.6 Å². The number of rotatable bonds is 2. The molecule has 84 valence electrons. The molecule has 0 unspecified atom stereocenters. The van der Waals surface area contributed by atoms with Crippen molar-refractivity contribution >= 4 is 17.6 Å². The zero-order valence-corrected chi connectivity index (χ0v) is 8.90. The van der Waals surface area contributed by atoms with E-state index in [0.29, 0.717) is 24.2 Å². The average Bonchev–Trinajstić information content (AvgIpc) is 2.91. The van der Waals surface area contributed by atoms with Crippen molar-refractivity contribution in [2.45, 2.75) is 12.8 Å². The van der Waals surface area contributed by atoms with E-state index in [9.17, 15) is 9.59 Å². The molecule has 0 saturated carbocycles. The maximum atomic E-state index is 11.7. The van der Waals surface area contributed by atoms with Gasteiger partial charge in [0.2, 0.25) is 5.91 Å². The lowest BCUT2D eigenvalue weighted by Crippen LogP contribution is -2.19. The van der Waals surface area contributed by atoms with Gasteiger partial charge in [-0.2, -0.15) is 0 Å². The Hall–Kier alpha value is -2.04. The first-order valence-corrected chi connectivity index (χ1v) is 4.97. The monoisotopic (exact) mass is 220 g/mol. The quantitative estimate of drug-likeness (QED) is 0.590. The fourth-order valence-corrected chi connectivity index (χ4v) is 1.67. The SMILES string of the molecule is COC(=O)/C(=C1/CCC(=O)N1)n1cccc1. The van der Waals surface area contributed by atoms with Gasteiger partial charge in [-0.25, -0.2) is 4.79 Å². The minimum Gasteiger partial charge on any atom is -0.464 e. The molecule has 1 amide bonds. The number of carbonyl (C=O) groups excluding carboxylic acids is 2. The Morgan fingerprint density at radius 3 is 2.56 bits per heavy atom. The molecular weight excluding hydrogens is 208 g/mol. The number of aromatic nitrogens is 1. The Balaban J connectivity index is 2.43. The molecule has 5 nitrogen and oxygen atoms in total. The van der Waals surface area contributed by atoms with Crippen molar-refractivity contribution in [1.29, 1.82) is 0 Å². The number of esters is 1. The van der Waals surface area contributed by atoms with Crippen LogP contribution < -0.4 is 5.32 Å². The van der Waals surface area contributed by atoms with Gasteiger partial charge in [-0.15, -0.1) is 0 Å². The Kier molecular flexibility index (Phi) is 2.76. The van der Waals surface area contributed by atoms with E-state index in [2.05, 4.69) is 5.32 Å². The Morgan fingerprint density at radius 2 is 2.06 bits per heavy atom. The summed E-state index contributed by atoms with van der Waals surface area (Å²) in [7, 11) is 1.32. The first-order valence-electron chi connectivity index (χ1n) is 4.97. The maximum Gasteiger partial charge on any atom is 0.356 e. The van der Waals surface area contributed by atoms with Gasteiger partial charge < -0.3 is 14.6 Å². The van der Waals surface area contributed by atoms with Gasteiger partial charge in [0.25, 0.3) is 0 Å². The second-order valence-electron chi connectivity index (χ2n) is 3.46. The summed E-state index contributed by atoms with van der Waals surface area (Å²) in [5.41, 5.74) is 0.992. The zero-order chi connectivity index (χ0) is 11.5. The Labute approximate surface area is 92.7 Å². The molecule has 0 spiro atoms. The van der Waals surface area contributed by atoms with E-state index in [0.717, 1.165) is 0 Å². The first-order chi connectivity index (χ1) is 7.72. The number of nitrogens with zero attached hydrogens (tertiary/aromatic N) is 1. The van der Waals surface area contributed by atoms with E-state index in [1.165, 1.54) is 7.11 Å². The summed E-state index contributed by atoms with van der Waals surface area (Å²) in [5.74, 6) is -0.517. The van der Waals surface area contributed by atoms with Crippen LogP contribution >= 0.6 is 0 Å². The van der Waals surface area contributed by atoms with Crippen LogP contribution in [0.3, 0.4) is 0 Å². The Morgan fingerprint density at radius 1 is 1.38 bits per heavy atom. The van der Waals surface area contributed by atoms with Gasteiger partial charge in [0.1, 0.15) is 0 Å². The van der Waals surface area contributed by atoms with Crippen LogP contribution in [0.5, 0.6) is 0 Å². The number of hydrogen-bond donors (Lipinski definition) is 1. The molecule has 1 aromatic heterocycles. The van der Waals surface area contributed by atoms with E-state index in [-0.39, 0.29) is 5.91 Å². The van der Waals surface area contributed by atoms with Gasteiger partial charge in [-0.05, 0) is 18.6 Å². The molecule has 1 fully saturated rings. The summed E-state index contributed by atoms with van der Waals surface area (Å²) in [4.78, 5) is 22.8. The predicted molar refractivity (Wildman–Crippen MR) is 57.0 cm³/mol. The minimum absolute atomic E-state index is 0.0661. The molecule has 1 aromatic rings. The molecule has 2 rings (SSSR count). The van der Waals surface area contributed by atoms with Crippen LogP contribution in [0, 0.1) is 0 Å². The highest BCUT2D eigenvalue weighted by molar-refractivity contribution is 6.12. The fourth-order valence-electron chi connectivity index (χ4n) is 1.67. The van der Waals surface area contributed by atoms with E-state index >= 15 is 0 Å². The summed E-state index contributed by atoms with van der Waals surface area (Å²) in [6, 6.07) is 3.61. The molecule has 1 saturated heterocycles. The molecule has 0 bridgehead atoms. The van der Waals surface area contributed by atoms with Gasteiger partial charge in [0.05, 0.1) is 7.11 Å². The third kappa shape index (κ3) is 1.84. The number of carbonyl (C=O) groups is 2. The lowest BCUT2D eigenvalue weighted by molar-refractivity contribution is -0.134. The lowest BCUT2D eigenvalue weighted by Gasteiger charge is -2.10. The third-order valence-electron chi connectivity index (χ3n) is 2.42. The molecule has 0 aliphatic carbocycles. The number of hydrogen-bond acceptors (Lipinski definition) is 3. The Bertz CT molecular complexity index is 446. The van der Waals surface area contributed by atoms with Crippen LogP contribution in [0.2, 0.25) is 0 Å². The second kappa shape index (κ2) is 4.22. The summed E-state index contributed by atoms with van der Waals surface area (Å²) in [5, 5.41) is 2.68. The molecular formula is C11H12N2O3. The average molecular weight is 220 g/mol. The zero-order valence-electron chi connectivity index (χ0n) is 8.90. The van der Waals surface area contributed by atoms with Crippen LogP contribution in [0.25, 0.3) is 5.70 Å². The van der Waals surface area contributed by atoms with Crippen molar-refractivity contribution in [3.63, 3.8) is 0 Å². The minimum atomic E-state index is -0.451. The maximum absolute atomic E-state index is 11.7. The molecule has 2 heterocycles. The number of allylic oxidation sites excluding steroid dienone is 1. The van der Waals surface area contributed by atoms with Crippen LogP contribution in [0.4, 0.5) is 0 Å². The highest BCUT2D eigenvalue weighted by Crippen LogP contribution is 2.20. The second-order valence-corrected chi connectivity index (χ2v) is 3.46. The third-order valence-corrected chi connectivity index (χ3v) is 2.42. The van der Waals surface area contributed by atoms with Crippen LogP contribution in [0.15, 0.2) is 30.2 Å². The topological polar surface area (TPSA) is 60.3 Å².